The molecule has 0 bridgehead atoms. The average molecular weight is 376 g/mol. The predicted octanol–water partition coefficient (Wildman–Crippen LogP) is 3.78. The highest BCUT2D eigenvalue weighted by atomic mass is 35.5. The Morgan fingerprint density at radius 3 is 2.50 bits per heavy atom. The van der Waals surface area contributed by atoms with E-state index in [2.05, 4.69) is 4.98 Å². The Morgan fingerprint density at radius 1 is 1.25 bits per heavy atom. The normalized spacial score (nSPS) is 15.7. The van der Waals surface area contributed by atoms with Crippen LogP contribution in [-0.4, -0.2) is 42.0 Å². The number of amides is 1. The Labute approximate surface area is 145 Å². The Morgan fingerprint density at radius 2 is 1.96 bits per heavy atom. The molecule has 9 heteroatoms. The van der Waals surface area contributed by atoms with E-state index in [9.17, 15) is 18.0 Å². The highest BCUT2D eigenvalue weighted by Gasteiger charge is 2.32. The number of alkyl halides is 3. The van der Waals surface area contributed by atoms with Crippen molar-refractivity contribution in [2.45, 2.75) is 6.18 Å². The van der Waals surface area contributed by atoms with Crippen molar-refractivity contribution in [2.24, 2.45) is 0 Å². The Hall–Kier alpha value is -1.80. The molecule has 0 spiro atoms. The van der Waals surface area contributed by atoms with Crippen LogP contribution >= 0.6 is 22.9 Å². The molecule has 24 heavy (non-hydrogen) atoms. The number of thiophene rings is 1. The van der Waals surface area contributed by atoms with Gasteiger partial charge in [0.15, 0.2) is 0 Å². The first-order chi connectivity index (χ1) is 11.4. The summed E-state index contributed by atoms with van der Waals surface area (Å²) in [6, 6.07) is 2.65. The summed E-state index contributed by atoms with van der Waals surface area (Å²) in [5.41, 5.74) is -0.221. The SMILES string of the molecule is O=C(c1ccsc1)N1CCN(c2ncc(C(F)(F)F)cc2Cl)CC1. The van der Waals surface area contributed by atoms with E-state index in [0.29, 0.717) is 37.6 Å². The van der Waals surface area contributed by atoms with Crippen molar-refractivity contribution in [1.82, 2.24) is 9.88 Å². The highest BCUT2D eigenvalue weighted by molar-refractivity contribution is 7.08. The summed E-state index contributed by atoms with van der Waals surface area (Å²) in [6.07, 6.45) is -3.69. The lowest BCUT2D eigenvalue weighted by Gasteiger charge is -2.35. The van der Waals surface area contributed by atoms with Crippen LogP contribution in [0.2, 0.25) is 5.02 Å². The minimum absolute atomic E-state index is 0.0394. The van der Waals surface area contributed by atoms with Gasteiger partial charge in [0.05, 0.1) is 16.1 Å². The van der Waals surface area contributed by atoms with E-state index in [-0.39, 0.29) is 10.9 Å². The molecule has 0 N–H and O–H groups in total. The number of carbonyl (C=O) groups excluding carboxylic acids is 1. The van der Waals surface area contributed by atoms with Crippen LogP contribution in [0.5, 0.6) is 0 Å². The lowest BCUT2D eigenvalue weighted by molar-refractivity contribution is -0.137. The molecule has 1 fully saturated rings. The van der Waals surface area contributed by atoms with Crippen LogP contribution in [0.15, 0.2) is 29.1 Å². The van der Waals surface area contributed by atoms with Crippen molar-refractivity contribution in [2.75, 3.05) is 31.1 Å². The van der Waals surface area contributed by atoms with Crippen LogP contribution in [0.25, 0.3) is 0 Å². The molecule has 2 aromatic rings. The number of hydrogen-bond acceptors (Lipinski definition) is 4. The zero-order valence-corrected chi connectivity index (χ0v) is 14.0. The van der Waals surface area contributed by atoms with Gasteiger partial charge in [-0.25, -0.2) is 4.98 Å². The molecule has 0 saturated carbocycles. The van der Waals surface area contributed by atoms with Crippen LogP contribution in [0.1, 0.15) is 15.9 Å². The van der Waals surface area contributed by atoms with Crippen molar-refractivity contribution in [3.8, 4) is 0 Å². The summed E-state index contributed by atoms with van der Waals surface area (Å²) < 4.78 is 38.0. The predicted molar refractivity (Wildman–Crippen MR) is 86.7 cm³/mol. The van der Waals surface area contributed by atoms with Crippen LogP contribution in [0.4, 0.5) is 19.0 Å². The van der Waals surface area contributed by atoms with Crippen LogP contribution in [-0.2, 0) is 6.18 Å². The van der Waals surface area contributed by atoms with Gasteiger partial charge in [-0.2, -0.15) is 24.5 Å². The summed E-state index contributed by atoms with van der Waals surface area (Å²) in [5, 5.41) is 3.60. The molecule has 2 aromatic heterocycles. The van der Waals surface area contributed by atoms with Crippen molar-refractivity contribution in [3.05, 3.63) is 45.2 Å². The molecular formula is C15H13ClF3N3OS. The van der Waals surface area contributed by atoms with Gasteiger partial charge in [0, 0.05) is 37.8 Å². The van der Waals surface area contributed by atoms with E-state index < -0.39 is 11.7 Å². The summed E-state index contributed by atoms with van der Waals surface area (Å²) in [6.45, 7) is 1.86. The van der Waals surface area contributed by atoms with Gasteiger partial charge in [0.1, 0.15) is 5.82 Å². The van der Waals surface area contributed by atoms with Crippen LogP contribution in [0, 0.1) is 0 Å². The molecule has 1 amide bonds. The maximum atomic E-state index is 12.7. The van der Waals surface area contributed by atoms with Gasteiger partial charge in [0.25, 0.3) is 5.91 Å². The first kappa shape index (κ1) is 17.0. The number of aromatic nitrogens is 1. The van der Waals surface area contributed by atoms with E-state index in [1.807, 2.05) is 5.38 Å². The van der Waals surface area contributed by atoms with Gasteiger partial charge < -0.3 is 9.80 Å². The third-order valence-electron chi connectivity index (χ3n) is 3.78. The zero-order valence-electron chi connectivity index (χ0n) is 12.4. The smallest absolute Gasteiger partial charge is 0.352 e. The number of halogens is 4. The van der Waals surface area contributed by atoms with Crippen molar-refractivity contribution >= 4 is 34.7 Å². The first-order valence-corrected chi connectivity index (χ1v) is 8.47. The molecule has 128 valence electrons. The summed E-state index contributed by atoms with van der Waals surface area (Å²) in [4.78, 5) is 19.6. The number of piperazine rings is 1. The van der Waals surface area contributed by atoms with Gasteiger partial charge in [0.2, 0.25) is 0 Å². The van der Waals surface area contributed by atoms with E-state index in [1.54, 1.807) is 21.2 Å². The van der Waals surface area contributed by atoms with Gasteiger partial charge in [-0.1, -0.05) is 11.6 Å². The first-order valence-electron chi connectivity index (χ1n) is 7.15. The molecule has 1 aliphatic heterocycles. The second kappa shape index (κ2) is 6.60. The number of anilines is 1. The molecule has 0 aromatic carbocycles. The standard InChI is InChI=1S/C15H13ClF3N3OS/c16-12-7-11(15(17,18)19)8-20-13(12)21-2-4-22(5-3-21)14(23)10-1-6-24-9-10/h1,6-9H,2-5H2. The lowest BCUT2D eigenvalue weighted by atomic mass is 10.2. The van der Waals surface area contributed by atoms with Gasteiger partial charge in [-0.05, 0) is 17.5 Å². The average Bonchev–Trinajstić information content (AvgIpc) is 3.08. The third-order valence-corrected chi connectivity index (χ3v) is 4.75. The number of rotatable bonds is 2. The fourth-order valence-corrected chi connectivity index (χ4v) is 3.42. The fraction of sp³-hybridized carbons (Fsp3) is 0.333. The minimum atomic E-state index is -4.47. The maximum absolute atomic E-state index is 12.7. The fourth-order valence-electron chi connectivity index (χ4n) is 2.51. The quantitative estimate of drug-likeness (QED) is 0.801. The van der Waals surface area contributed by atoms with Crippen molar-refractivity contribution in [1.29, 1.82) is 0 Å². The van der Waals surface area contributed by atoms with Gasteiger partial charge in [-0.15, -0.1) is 0 Å². The van der Waals surface area contributed by atoms with E-state index in [4.69, 9.17) is 11.6 Å². The van der Waals surface area contributed by atoms with E-state index in [0.717, 1.165) is 12.3 Å². The number of hydrogen-bond donors (Lipinski definition) is 0. The second-order valence-corrected chi connectivity index (χ2v) is 6.51. The number of nitrogens with zero attached hydrogens (tertiary/aromatic N) is 3. The number of carbonyl (C=O) groups is 1. The van der Waals surface area contributed by atoms with Gasteiger partial charge in [-0.3, -0.25) is 4.79 Å². The molecular weight excluding hydrogens is 363 g/mol. The lowest BCUT2D eigenvalue weighted by Crippen LogP contribution is -2.49. The maximum Gasteiger partial charge on any atom is 0.417 e. The summed E-state index contributed by atoms with van der Waals surface area (Å²) >= 11 is 7.42. The molecule has 0 atom stereocenters. The molecule has 3 rings (SSSR count). The highest BCUT2D eigenvalue weighted by Crippen LogP contribution is 2.33. The van der Waals surface area contributed by atoms with Crippen molar-refractivity contribution < 1.29 is 18.0 Å². The Kier molecular flexibility index (Phi) is 4.69. The molecule has 3 heterocycles. The number of pyridine rings is 1. The molecule has 4 nitrogen and oxygen atoms in total. The van der Waals surface area contributed by atoms with E-state index >= 15 is 0 Å². The zero-order chi connectivity index (χ0) is 17.3. The Bertz CT molecular complexity index is 728. The molecule has 0 unspecified atom stereocenters. The van der Waals surface area contributed by atoms with Crippen LogP contribution < -0.4 is 4.90 Å². The second-order valence-electron chi connectivity index (χ2n) is 5.32. The van der Waals surface area contributed by atoms with Gasteiger partial charge >= 0.3 is 6.18 Å². The molecule has 1 saturated heterocycles. The summed E-state index contributed by atoms with van der Waals surface area (Å²) in [7, 11) is 0. The molecule has 1 aliphatic rings. The summed E-state index contributed by atoms with van der Waals surface area (Å²) in [5.74, 6) is 0.273. The Balaban J connectivity index is 1.68. The van der Waals surface area contributed by atoms with Crippen LogP contribution in [0.3, 0.4) is 0 Å². The molecule has 0 radical (unpaired) electrons. The van der Waals surface area contributed by atoms with E-state index in [1.165, 1.54) is 11.3 Å². The third kappa shape index (κ3) is 3.49. The minimum Gasteiger partial charge on any atom is -0.352 e. The van der Waals surface area contributed by atoms with Crippen molar-refractivity contribution in [3.63, 3.8) is 0 Å². The molecule has 0 aliphatic carbocycles. The monoisotopic (exact) mass is 375 g/mol. The largest absolute Gasteiger partial charge is 0.417 e. The topological polar surface area (TPSA) is 36.4 Å².